The van der Waals surface area contributed by atoms with Gasteiger partial charge in [0.25, 0.3) is 0 Å². The largest absolute Gasteiger partial charge is 0.337 e. The molecule has 1 aliphatic carbocycles. The Hall–Kier alpha value is -2.03. The second-order valence-corrected chi connectivity index (χ2v) is 10.9. The van der Waals surface area contributed by atoms with Crippen LogP contribution in [0.2, 0.25) is 0 Å². The molecular weight excluding hydrogens is 418 g/mol. The third-order valence-corrected chi connectivity index (χ3v) is 8.41. The second kappa shape index (κ2) is 8.99. The van der Waals surface area contributed by atoms with Crippen LogP contribution in [-0.2, 0) is 16.6 Å². The van der Waals surface area contributed by atoms with Crippen LogP contribution in [0.4, 0.5) is 0 Å². The molecule has 0 amide bonds. The molecule has 160 valence electrons. The molecule has 0 spiro atoms. The van der Waals surface area contributed by atoms with Crippen LogP contribution in [0.3, 0.4) is 0 Å². The number of benzene rings is 1. The third kappa shape index (κ3) is 4.50. The van der Waals surface area contributed by atoms with Crippen LogP contribution in [0.5, 0.6) is 0 Å². The molecule has 1 saturated carbocycles. The van der Waals surface area contributed by atoms with Crippen molar-refractivity contribution in [2.45, 2.75) is 69.4 Å². The first-order valence-corrected chi connectivity index (χ1v) is 12.8. The highest BCUT2D eigenvalue weighted by Crippen LogP contribution is 2.30. The van der Waals surface area contributed by atoms with E-state index < -0.39 is 10.0 Å². The molecule has 0 N–H and O–H groups in total. The van der Waals surface area contributed by atoms with E-state index >= 15 is 0 Å². The number of hydrogen-bond donors (Lipinski definition) is 0. The lowest BCUT2D eigenvalue weighted by Crippen LogP contribution is -2.41. The third-order valence-electron chi connectivity index (χ3n) is 5.64. The van der Waals surface area contributed by atoms with Gasteiger partial charge in [-0.15, -0.1) is 11.3 Å². The molecule has 1 aliphatic rings. The highest BCUT2D eigenvalue weighted by Gasteiger charge is 2.34. The Bertz CT molecular complexity index is 1050. The molecule has 0 bridgehead atoms. The van der Waals surface area contributed by atoms with Gasteiger partial charge in [0.05, 0.1) is 16.3 Å². The summed E-state index contributed by atoms with van der Waals surface area (Å²) < 4.78 is 34.2. The first-order valence-electron chi connectivity index (χ1n) is 10.4. The molecule has 6 nitrogen and oxygen atoms in total. The van der Waals surface area contributed by atoms with Gasteiger partial charge in [-0.1, -0.05) is 56.5 Å². The molecule has 1 fully saturated rings. The van der Waals surface area contributed by atoms with E-state index in [0.717, 1.165) is 42.5 Å². The minimum Gasteiger partial charge on any atom is -0.337 e. The first-order chi connectivity index (χ1) is 14.4. The van der Waals surface area contributed by atoms with Crippen LogP contribution < -0.4 is 0 Å². The van der Waals surface area contributed by atoms with Gasteiger partial charge in [0.1, 0.15) is 0 Å². The lowest BCUT2D eigenvalue weighted by molar-refractivity contribution is 0.223. The molecule has 0 saturated heterocycles. The normalized spacial score (nSPS) is 15.9. The van der Waals surface area contributed by atoms with Crippen LogP contribution in [0.25, 0.3) is 10.7 Å². The van der Waals surface area contributed by atoms with Gasteiger partial charge >= 0.3 is 0 Å². The number of nitrogens with zero attached hydrogens (tertiary/aromatic N) is 3. The smallest absolute Gasteiger partial charge is 0.243 e. The summed E-state index contributed by atoms with van der Waals surface area (Å²) in [5.74, 6) is 1.18. The predicted octanol–water partition coefficient (Wildman–Crippen LogP) is 5.45. The Kier molecular flexibility index (Phi) is 6.36. The molecule has 0 unspecified atom stereocenters. The summed E-state index contributed by atoms with van der Waals surface area (Å²) >= 11 is 1.53. The monoisotopic (exact) mass is 445 g/mol. The molecule has 30 heavy (non-hydrogen) atoms. The first kappa shape index (κ1) is 21.2. The zero-order valence-corrected chi connectivity index (χ0v) is 19.0. The molecule has 0 atom stereocenters. The van der Waals surface area contributed by atoms with Gasteiger partial charge in [-0.3, -0.25) is 0 Å². The van der Waals surface area contributed by atoms with E-state index in [2.05, 4.69) is 24.0 Å². The van der Waals surface area contributed by atoms with E-state index in [1.807, 2.05) is 29.6 Å². The standard InChI is InChI=1S/C22H27N3O3S2/c1-16(2)17-10-12-19(13-11-17)30(26,27)25(18-7-4-3-5-8-18)15-21-23-22(24-28-21)20-9-6-14-29-20/h6,9-14,16,18H,3-5,7-8,15H2,1-2H3. The van der Waals surface area contributed by atoms with Crippen LogP contribution >= 0.6 is 11.3 Å². The van der Waals surface area contributed by atoms with E-state index in [0.29, 0.717) is 22.5 Å². The highest BCUT2D eigenvalue weighted by atomic mass is 32.2. The average molecular weight is 446 g/mol. The topological polar surface area (TPSA) is 76.3 Å². The van der Waals surface area contributed by atoms with Gasteiger partial charge in [0.15, 0.2) is 0 Å². The lowest BCUT2D eigenvalue weighted by atomic mass is 9.95. The Labute approximate surface area is 182 Å². The average Bonchev–Trinajstić information content (AvgIpc) is 3.44. The van der Waals surface area contributed by atoms with Gasteiger partial charge < -0.3 is 4.52 Å². The number of sulfonamides is 1. The van der Waals surface area contributed by atoms with Crippen molar-refractivity contribution in [3.8, 4) is 10.7 Å². The van der Waals surface area contributed by atoms with Crippen molar-refractivity contribution in [1.29, 1.82) is 0 Å². The molecule has 2 heterocycles. The lowest BCUT2D eigenvalue weighted by Gasteiger charge is -2.32. The van der Waals surface area contributed by atoms with E-state index in [4.69, 9.17) is 4.52 Å². The second-order valence-electron chi connectivity index (χ2n) is 8.05. The zero-order chi connectivity index (χ0) is 21.1. The summed E-state index contributed by atoms with van der Waals surface area (Å²) in [6, 6.07) is 11.0. The summed E-state index contributed by atoms with van der Waals surface area (Å²) in [5.41, 5.74) is 1.12. The summed E-state index contributed by atoms with van der Waals surface area (Å²) in [6.07, 6.45) is 4.93. The molecular formula is C22H27N3O3S2. The van der Waals surface area contributed by atoms with Gasteiger partial charge in [0, 0.05) is 6.04 Å². The highest BCUT2D eigenvalue weighted by molar-refractivity contribution is 7.89. The van der Waals surface area contributed by atoms with Crippen molar-refractivity contribution >= 4 is 21.4 Å². The zero-order valence-electron chi connectivity index (χ0n) is 17.3. The van der Waals surface area contributed by atoms with Crippen LogP contribution in [-0.4, -0.2) is 28.9 Å². The van der Waals surface area contributed by atoms with E-state index in [1.54, 1.807) is 16.4 Å². The predicted molar refractivity (Wildman–Crippen MR) is 118 cm³/mol. The summed E-state index contributed by atoms with van der Waals surface area (Å²) in [5, 5.41) is 5.99. The fourth-order valence-corrected chi connectivity index (χ4v) is 6.18. The van der Waals surface area contributed by atoms with Crippen molar-refractivity contribution in [2.24, 2.45) is 0 Å². The minimum absolute atomic E-state index is 0.0504. The van der Waals surface area contributed by atoms with Crippen LogP contribution in [0.1, 0.15) is 63.3 Å². The van der Waals surface area contributed by atoms with Crippen LogP contribution in [0, 0.1) is 0 Å². The summed E-state index contributed by atoms with van der Waals surface area (Å²) in [6.45, 7) is 4.29. The molecule has 1 aromatic carbocycles. The maximum Gasteiger partial charge on any atom is 0.243 e. The number of hydrogen-bond acceptors (Lipinski definition) is 6. The van der Waals surface area contributed by atoms with Crippen molar-refractivity contribution in [3.63, 3.8) is 0 Å². The summed E-state index contributed by atoms with van der Waals surface area (Å²) in [7, 11) is -3.68. The molecule has 8 heteroatoms. The van der Waals surface area contributed by atoms with E-state index in [1.165, 1.54) is 11.3 Å². The quantitative estimate of drug-likeness (QED) is 0.484. The number of aromatic nitrogens is 2. The van der Waals surface area contributed by atoms with Gasteiger partial charge in [0.2, 0.25) is 21.7 Å². The van der Waals surface area contributed by atoms with Crippen LogP contribution in [0.15, 0.2) is 51.2 Å². The van der Waals surface area contributed by atoms with E-state index in [-0.39, 0.29) is 12.6 Å². The fraction of sp³-hybridized carbons (Fsp3) is 0.455. The Morgan fingerprint density at radius 3 is 2.50 bits per heavy atom. The van der Waals surface area contributed by atoms with Crippen molar-refractivity contribution in [3.05, 3.63) is 53.2 Å². The fourth-order valence-electron chi connectivity index (χ4n) is 3.90. The van der Waals surface area contributed by atoms with Crippen molar-refractivity contribution < 1.29 is 12.9 Å². The van der Waals surface area contributed by atoms with Crippen molar-refractivity contribution in [1.82, 2.24) is 14.4 Å². The molecule has 4 rings (SSSR count). The van der Waals surface area contributed by atoms with Gasteiger partial charge in [-0.25, -0.2) is 8.42 Å². The SMILES string of the molecule is CC(C)c1ccc(S(=O)(=O)N(Cc2nc(-c3cccs3)no2)C2CCCCC2)cc1. The molecule has 0 radical (unpaired) electrons. The van der Waals surface area contributed by atoms with Crippen molar-refractivity contribution in [2.75, 3.05) is 0 Å². The Morgan fingerprint density at radius 1 is 1.13 bits per heavy atom. The Morgan fingerprint density at radius 2 is 1.87 bits per heavy atom. The maximum atomic E-state index is 13.6. The minimum atomic E-state index is -3.68. The van der Waals surface area contributed by atoms with Gasteiger partial charge in [-0.05, 0) is 47.9 Å². The maximum absolute atomic E-state index is 13.6. The number of rotatable bonds is 7. The number of thiophene rings is 1. The summed E-state index contributed by atoms with van der Waals surface area (Å²) in [4.78, 5) is 5.68. The molecule has 3 aromatic rings. The molecule has 2 aromatic heterocycles. The molecule has 0 aliphatic heterocycles. The van der Waals surface area contributed by atoms with Gasteiger partial charge in [-0.2, -0.15) is 9.29 Å². The van der Waals surface area contributed by atoms with E-state index in [9.17, 15) is 8.42 Å². The Balaban J connectivity index is 1.64.